The molecular formula is C14H28N2O9. The molecule has 25 heavy (non-hydrogen) atoms. The molecule has 8 N–H and O–H groups in total. The Labute approximate surface area is 145 Å². The van der Waals surface area contributed by atoms with Gasteiger partial charge in [0, 0.05) is 7.11 Å². The molecule has 0 aromatic rings. The number of methoxy groups -OCH3 is 1. The molecule has 0 aromatic heterocycles. The minimum atomic E-state index is -1.41. The van der Waals surface area contributed by atoms with Gasteiger partial charge in [-0.15, -0.1) is 0 Å². The molecule has 2 fully saturated rings. The van der Waals surface area contributed by atoms with Crippen molar-refractivity contribution in [2.45, 2.75) is 61.3 Å². The Morgan fingerprint density at radius 1 is 0.960 bits per heavy atom. The average Bonchev–Trinajstić information content (AvgIpc) is 2.62. The van der Waals surface area contributed by atoms with E-state index < -0.39 is 74.5 Å². The van der Waals surface area contributed by atoms with Gasteiger partial charge >= 0.3 is 0 Å². The van der Waals surface area contributed by atoms with E-state index in [-0.39, 0.29) is 0 Å². The topological polar surface area (TPSA) is 176 Å². The summed E-state index contributed by atoms with van der Waals surface area (Å²) in [6, 6.07) is -1.77. The number of nitrogens with two attached hydrogens (primary N) is 1. The lowest BCUT2D eigenvalue weighted by molar-refractivity contribution is -0.335. The fourth-order valence-corrected chi connectivity index (χ4v) is 3.13. The molecule has 0 amide bonds. The molecule has 0 spiro atoms. The summed E-state index contributed by atoms with van der Waals surface area (Å²) in [5, 5.41) is 52.3. The van der Waals surface area contributed by atoms with Gasteiger partial charge in [-0.2, -0.15) is 0 Å². The first-order valence-electron chi connectivity index (χ1n) is 8.07. The molecule has 2 heterocycles. The van der Waals surface area contributed by atoms with Crippen molar-refractivity contribution in [1.82, 2.24) is 5.32 Å². The van der Waals surface area contributed by atoms with Crippen LogP contribution in [0.1, 0.15) is 0 Å². The van der Waals surface area contributed by atoms with Crippen LogP contribution in [0.4, 0.5) is 0 Å². The number of aliphatic hydroxyl groups excluding tert-OH is 5. The standard InChI is InChI=1S/C14H28N2O9/c1-16-8-11(21)12(6(4-18)24-13(8)22-2)25-14-10(20)7(15)9(19)5(3-17)23-14/h5-14,16-21H,3-4,15H2,1-2H3. The number of nitrogens with one attached hydrogen (secondary N) is 1. The van der Waals surface area contributed by atoms with Crippen LogP contribution in [-0.4, -0.2) is 114 Å². The molecule has 2 saturated heterocycles. The first-order chi connectivity index (χ1) is 11.9. The van der Waals surface area contributed by atoms with Gasteiger partial charge in [0.15, 0.2) is 12.6 Å². The van der Waals surface area contributed by atoms with Crippen LogP contribution in [0.5, 0.6) is 0 Å². The first-order valence-corrected chi connectivity index (χ1v) is 8.07. The maximum Gasteiger partial charge on any atom is 0.186 e. The average molecular weight is 368 g/mol. The Hall–Kier alpha value is -0.440. The van der Waals surface area contributed by atoms with E-state index in [1.807, 2.05) is 0 Å². The highest BCUT2D eigenvalue weighted by Crippen LogP contribution is 2.28. The largest absolute Gasteiger partial charge is 0.394 e. The third-order valence-corrected chi connectivity index (χ3v) is 4.65. The molecular weight excluding hydrogens is 340 g/mol. The van der Waals surface area contributed by atoms with Gasteiger partial charge in [0.1, 0.15) is 36.6 Å². The number of likely N-dealkylation sites (N-methyl/N-ethyl adjacent to an activating group) is 1. The van der Waals surface area contributed by atoms with Crippen molar-refractivity contribution in [2.75, 3.05) is 27.4 Å². The van der Waals surface area contributed by atoms with Crippen molar-refractivity contribution in [3.8, 4) is 0 Å². The minimum absolute atomic E-state index is 0.473. The Bertz CT molecular complexity index is 416. The lowest BCUT2D eigenvalue weighted by atomic mass is 9.95. The zero-order chi connectivity index (χ0) is 18.7. The fourth-order valence-electron chi connectivity index (χ4n) is 3.13. The third-order valence-electron chi connectivity index (χ3n) is 4.65. The molecule has 0 bridgehead atoms. The van der Waals surface area contributed by atoms with Crippen molar-refractivity contribution in [1.29, 1.82) is 0 Å². The van der Waals surface area contributed by atoms with Crippen LogP contribution in [0.2, 0.25) is 0 Å². The number of hydrogen-bond donors (Lipinski definition) is 7. The highest BCUT2D eigenvalue weighted by atomic mass is 16.7. The molecule has 2 rings (SSSR count). The lowest BCUT2D eigenvalue weighted by Crippen LogP contribution is -2.67. The van der Waals surface area contributed by atoms with E-state index in [2.05, 4.69) is 5.32 Å². The smallest absolute Gasteiger partial charge is 0.186 e. The molecule has 0 radical (unpaired) electrons. The second kappa shape index (κ2) is 8.97. The Balaban J connectivity index is 2.15. The summed E-state index contributed by atoms with van der Waals surface area (Å²) in [4.78, 5) is 0. The predicted octanol–water partition coefficient (Wildman–Crippen LogP) is -4.55. The monoisotopic (exact) mass is 368 g/mol. The number of aliphatic hydroxyl groups is 5. The zero-order valence-electron chi connectivity index (χ0n) is 14.1. The minimum Gasteiger partial charge on any atom is -0.394 e. The predicted molar refractivity (Wildman–Crippen MR) is 82.2 cm³/mol. The SMILES string of the molecule is CNC1C(OC)OC(CO)C(OC2OC(CO)C(O)C(N)C2O)C1O. The van der Waals surface area contributed by atoms with Crippen LogP contribution >= 0.6 is 0 Å². The quantitative estimate of drug-likeness (QED) is 0.240. The molecule has 10 atom stereocenters. The normalized spacial score (nSPS) is 48.5. The van der Waals surface area contributed by atoms with E-state index in [1.54, 1.807) is 7.05 Å². The van der Waals surface area contributed by atoms with Gasteiger partial charge in [0.05, 0.1) is 25.3 Å². The Morgan fingerprint density at radius 2 is 1.56 bits per heavy atom. The number of hydrogen-bond acceptors (Lipinski definition) is 11. The molecule has 148 valence electrons. The van der Waals surface area contributed by atoms with Crippen molar-refractivity contribution < 1.29 is 44.5 Å². The second-order valence-electron chi connectivity index (χ2n) is 6.15. The van der Waals surface area contributed by atoms with E-state index in [0.717, 1.165) is 0 Å². The van der Waals surface area contributed by atoms with Crippen molar-refractivity contribution in [3.05, 3.63) is 0 Å². The molecule has 2 aliphatic rings. The summed E-state index contributed by atoms with van der Waals surface area (Å²) in [6.07, 6.45) is -9.06. The van der Waals surface area contributed by atoms with Crippen LogP contribution in [-0.2, 0) is 18.9 Å². The van der Waals surface area contributed by atoms with Crippen LogP contribution in [0, 0.1) is 0 Å². The van der Waals surface area contributed by atoms with Crippen LogP contribution in [0.3, 0.4) is 0 Å². The van der Waals surface area contributed by atoms with E-state index in [4.69, 9.17) is 24.7 Å². The maximum atomic E-state index is 10.6. The van der Waals surface area contributed by atoms with Crippen molar-refractivity contribution >= 4 is 0 Å². The fraction of sp³-hybridized carbons (Fsp3) is 1.00. The summed E-state index contributed by atoms with van der Waals surface area (Å²) in [5.41, 5.74) is 5.74. The summed E-state index contributed by atoms with van der Waals surface area (Å²) in [6.45, 7) is -1.00. The van der Waals surface area contributed by atoms with Crippen LogP contribution < -0.4 is 11.1 Å². The van der Waals surface area contributed by atoms with Gasteiger partial charge < -0.3 is 55.5 Å². The van der Waals surface area contributed by atoms with E-state index in [9.17, 15) is 25.5 Å². The van der Waals surface area contributed by atoms with Gasteiger partial charge in [-0.3, -0.25) is 0 Å². The highest BCUT2D eigenvalue weighted by molar-refractivity contribution is 4.96. The summed E-state index contributed by atoms with van der Waals surface area (Å²) in [7, 11) is 3.00. The third kappa shape index (κ3) is 4.12. The Morgan fingerprint density at radius 3 is 2.08 bits per heavy atom. The first kappa shape index (κ1) is 20.9. The molecule has 0 saturated carbocycles. The number of ether oxygens (including phenoxy) is 4. The summed E-state index contributed by atoms with van der Waals surface area (Å²) >= 11 is 0. The lowest BCUT2D eigenvalue weighted by Gasteiger charge is -2.47. The van der Waals surface area contributed by atoms with E-state index >= 15 is 0 Å². The molecule has 11 heteroatoms. The molecule has 0 aromatic carbocycles. The summed E-state index contributed by atoms with van der Waals surface area (Å²) < 4.78 is 21.7. The van der Waals surface area contributed by atoms with Crippen molar-refractivity contribution in [2.24, 2.45) is 5.73 Å². The second-order valence-corrected chi connectivity index (χ2v) is 6.15. The van der Waals surface area contributed by atoms with Crippen LogP contribution in [0.15, 0.2) is 0 Å². The maximum absolute atomic E-state index is 10.6. The number of rotatable bonds is 6. The molecule has 10 unspecified atom stereocenters. The Kier molecular flexibility index (Phi) is 7.49. The highest BCUT2D eigenvalue weighted by Gasteiger charge is 2.50. The van der Waals surface area contributed by atoms with E-state index in [1.165, 1.54) is 7.11 Å². The van der Waals surface area contributed by atoms with Gasteiger partial charge in [0.25, 0.3) is 0 Å². The van der Waals surface area contributed by atoms with Gasteiger partial charge in [-0.05, 0) is 7.05 Å². The van der Waals surface area contributed by atoms with Gasteiger partial charge in [0.2, 0.25) is 0 Å². The molecule has 11 nitrogen and oxygen atoms in total. The van der Waals surface area contributed by atoms with Gasteiger partial charge in [-0.25, -0.2) is 0 Å². The molecule has 0 aliphatic carbocycles. The van der Waals surface area contributed by atoms with Crippen molar-refractivity contribution in [3.63, 3.8) is 0 Å². The molecule has 2 aliphatic heterocycles. The van der Waals surface area contributed by atoms with Gasteiger partial charge in [-0.1, -0.05) is 0 Å². The van der Waals surface area contributed by atoms with E-state index in [0.29, 0.717) is 0 Å². The summed E-state index contributed by atoms with van der Waals surface area (Å²) in [5.74, 6) is 0. The van der Waals surface area contributed by atoms with Crippen LogP contribution in [0.25, 0.3) is 0 Å². The zero-order valence-corrected chi connectivity index (χ0v) is 14.1.